The molecule has 0 saturated carbocycles. The zero-order valence-electron chi connectivity index (χ0n) is 16.6. The SMILES string of the molecule is CC(C)c1ccc2[nH]c(O)c(N=NC(=O)c3ccc(COc4ccccc4)o3)c2c1. The van der Waals surface area contributed by atoms with Gasteiger partial charge in [-0.05, 0) is 47.9 Å². The number of furan rings is 1. The van der Waals surface area contributed by atoms with Crippen molar-refractivity contribution in [1.29, 1.82) is 0 Å². The van der Waals surface area contributed by atoms with Crippen molar-refractivity contribution in [3.63, 3.8) is 0 Å². The van der Waals surface area contributed by atoms with E-state index in [9.17, 15) is 9.90 Å². The maximum absolute atomic E-state index is 12.4. The summed E-state index contributed by atoms with van der Waals surface area (Å²) in [6.45, 7) is 4.35. The highest BCUT2D eigenvalue weighted by Gasteiger charge is 2.15. The maximum atomic E-state index is 12.4. The molecule has 0 unspecified atom stereocenters. The number of hydrogen-bond donors (Lipinski definition) is 2. The number of aromatic nitrogens is 1. The fourth-order valence-corrected chi connectivity index (χ4v) is 3.03. The van der Waals surface area contributed by atoms with Gasteiger partial charge in [-0.25, -0.2) is 0 Å². The minimum absolute atomic E-state index is 0.0487. The Hall–Kier alpha value is -3.87. The van der Waals surface area contributed by atoms with Crippen molar-refractivity contribution in [2.24, 2.45) is 10.2 Å². The van der Waals surface area contributed by atoms with Crippen molar-refractivity contribution in [2.75, 3.05) is 0 Å². The molecular formula is C23H21N3O4. The predicted molar refractivity (Wildman–Crippen MR) is 112 cm³/mol. The summed E-state index contributed by atoms with van der Waals surface area (Å²) in [6, 6.07) is 18.3. The molecule has 2 aromatic heterocycles. The maximum Gasteiger partial charge on any atom is 0.331 e. The van der Waals surface area contributed by atoms with Crippen LogP contribution in [0.1, 0.15) is 41.6 Å². The van der Waals surface area contributed by atoms with Crippen molar-refractivity contribution in [3.05, 3.63) is 77.7 Å². The van der Waals surface area contributed by atoms with Gasteiger partial charge in [-0.15, -0.1) is 10.2 Å². The summed E-state index contributed by atoms with van der Waals surface area (Å²) in [5.74, 6) is 0.782. The van der Waals surface area contributed by atoms with Gasteiger partial charge in [0.15, 0.2) is 11.4 Å². The summed E-state index contributed by atoms with van der Waals surface area (Å²) >= 11 is 0. The number of H-pyrrole nitrogens is 1. The first-order chi connectivity index (χ1) is 14.5. The lowest BCUT2D eigenvalue weighted by Gasteiger charge is -2.04. The summed E-state index contributed by atoms with van der Waals surface area (Å²) in [7, 11) is 0. The first-order valence-corrected chi connectivity index (χ1v) is 9.58. The highest BCUT2D eigenvalue weighted by atomic mass is 16.5. The molecule has 0 spiro atoms. The molecule has 0 fully saturated rings. The highest BCUT2D eigenvalue weighted by molar-refractivity contribution is 5.96. The van der Waals surface area contributed by atoms with Crippen molar-refractivity contribution < 1.29 is 19.1 Å². The van der Waals surface area contributed by atoms with Crippen LogP contribution in [0.25, 0.3) is 10.9 Å². The van der Waals surface area contributed by atoms with Crippen LogP contribution in [0.3, 0.4) is 0 Å². The number of para-hydroxylation sites is 1. The molecule has 4 aromatic rings. The number of nitrogens with zero attached hydrogens (tertiary/aromatic N) is 2. The molecule has 0 aliphatic carbocycles. The van der Waals surface area contributed by atoms with Gasteiger partial charge in [0, 0.05) is 5.39 Å². The van der Waals surface area contributed by atoms with Crippen LogP contribution >= 0.6 is 0 Å². The molecule has 2 heterocycles. The topological polar surface area (TPSA) is 100 Å². The van der Waals surface area contributed by atoms with Crippen LogP contribution in [0.5, 0.6) is 11.6 Å². The molecule has 0 atom stereocenters. The zero-order valence-corrected chi connectivity index (χ0v) is 16.6. The Labute approximate surface area is 173 Å². The Morgan fingerprint density at radius 1 is 1.13 bits per heavy atom. The van der Waals surface area contributed by atoms with E-state index in [1.807, 2.05) is 48.5 Å². The standard InChI is InChI=1S/C23H21N3O4/c1-14(2)15-8-10-19-18(12-15)21(23(28)24-19)25-26-22(27)20-11-9-17(30-20)13-29-16-6-4-3-5-7-16/h3-12,14,24,28H,13H2,1-2H3. The lowest BCUT2D eigenvalue weighted by Crippen LogP contribution is -1.94. The molecule has 4 rings (SSSR count). The monoisotopic (exact) mass is 403 g/mol. The first-order valence-electron chi connectivity index (χ1n) is 9.58. The largest absolute Gasteiger partial charge is 0.493 e. The molecule has 7 heteroatoms. The quantitative estimate of drug-likeness (QED) is 0.380. The second-order valence-electron chi connectivity index (χ2n) is 7.15. The van der Waals surface area contributed by atoms with E-state index in [1.54, 1.807) is 6.07 Å². The predicted octanol–water partition coefficient (Wildman–Crippen LogP) is 6.09. The number of aromatic amines is 1. The van der Waals surface area contributed by atoms with E-state index in [-0.39, 0.29) is 23.9 Å². The average Bonchev–Trinajstić information content (AvgIpc) is 3.34. The number of ether oxygens (including phenoxy) is 1. The summed E-state index contributed by atoms with van der Waals surface area (Å²) in [6.07, 6.45) is 0. The van der Waals surface area contributed by atoms with Gasteiger partial charge in [0.05, 0.1) is 5.52 Å². The number of aromatic hydroxyl groups is 1. The van der Waals surface area contributed by atoms with Crippen LogP contribution in [-0.2, 0) is 6.61 Å². The number of nitrogens with one attached hydrogen (secondary N) is 1. The van der Waals surface area contributed by atoms with Gasteiger partial charge >= 0.3 is 5.91 Å². The molecule has 0 bridgehead atoms. The fraction of sp³-hybridized carbons (Fsp3) is 0.174. The number of carbonyl (C=O) groups excluding carboxylic acids is 1. The molecule has 7 nitrogen and oxygen atoms in total. The number of rotatable bonds is 6. The third-order valence-electron chi connectivity index (χ3n) is 4.68. The number of benzene rings is 2. The third kappa shape index (κ3) is 4.10. The molecule has 30 heavy (non-hydrogen) atoms. The van der Waals surface area contributed by atoms with Gasteiger partial charge in [-0.3, -0.25) is 4.79 Å². The Morgan fingerprint density at radius 2 is 1.93 bits per heavy atom. The smallest absolute Gasteiger partial charge is 0.331 e. The van der Waals surface area contributed by atoms with Crippen LogP contribution < -0.4 is 4.74 Å². The molecule has 0 aliphatic heterocycles. The Kier molecular flexibility index (Phi) is 5.34. The first kappa shape index (κ1) is 19.4. The van der Waals surface area contributed by atoms with Crippen LogP contribution in [0.4, 0.5) is 5.69 Å². The van der Waals surface area contributed by atoms with Gasteiger partial charge in [-0.2, -0.15) is 0 Å². The molecule has 2 N–H and O–H groups in total. The number of hydrogen-bond acceptors (Lipinski definition) is 5. The zero-order chi connectivity index (χ0) is 21.1. The summed E-state index contributed by atoms with van der Waals surface area (Å²) < 4.78 is 11.1. The van der Waals surface area contributed by atoms with E-state index in [2.05, 4.69) is 29.1 Å². The van der Waals surface area contributed by atoms with E-state index in [0.29, 0.717) is 22.8 Å². The number of amides is 1. The van der Waals surface area contributed by atoms with E-state index < -0.39 is 5.91 Å². The molecule has 0 saturated heterocycles. The number of azo groups is 1. The third-order valence-corrected chi connectivity index (χ3v) is 4.68. The Balaban J connectivity index is 1.49. The number of fused-ring (bicyclic) bond motifs is 1. The summed E-state index contributed by atoms with van der Waals surface area (Å²) in [5, 5.41) is 18.6. The van der Waals surface area contributed by atoms with Gasteiger partial charge in [0.2, 0.25) is 5.88 Å². The van der Waals surface area contributed by atoms with Crippen LogP contribution in [0.2, 0.25) is 0 Å². The Morgan fingerprint density at radius 3 is 2.70 bits per heavy atom. The summed E-state index contributed by atoms with van der Waals surface area (Å²) in [5.41, 5.74) is 2.04. The normalized spacial score (nSPS) is 11.6. The van der Waals surface area contributed by atoms with E-state index >= 15 is 0 Å². The molecule has 152 valence electrons. The lowest BCUT2D eigenvalue weighted by molar-refractivity contribution is 0.0964. The lowest BCUT2D eigenvalue weighted by atomic mass is 10.0. The van der Waals surface area contributed by atoms with Crippen molar-refractivity contribution in [3.8, 4) is 11.6 Å². The van der Waals surface area contributed by atoms with Gasteiger partial charge in [-0.1, -0.05) is 38.1 Å². The molecule has 0 radical (unpaired) electrons. The number of carbonyl (C=O) groups is 1. The van der Waals surface area contributed by atoms with Gasteiger partial charge in [0.1, 0.15) is 18.1 Å². The van der Waals surface area contributed by atoms with Crippen molar-refractivity contribution in [2.45, 2.75) is 26.4 Å². The van der Waals surface area contributed by atoms with Crippen molar-refractivity contribution >= 4 is 22.5 Å². The second kappa shape index (κ2) is 8.24. The summed E-state index contributed by atoms with van der Waals surface area (Å²) in [4.78, 5) is 15.2. The van der Waals surface area contributed by atoms with E-state index in [4.69, 9.17) is 9.15 Å². The average molecular weight is 403 g/mol. The van der Waals surface area contributed by atoms with E-state index in [1.165, 1.54) is 6.07 Å². The van der Waals surface area contributed by atoms with Gasteiger partial charge in [0.25, 0.3) is 0 Å². The molecular weight excluding hydrogens is 382 g/mol. The van der Waals surface area contributed by atoms with Crippen LogP contribution in [0, 0.1) is 0 Å². The highest BCUT2D eigenvalue weighted by Crippen LogP contribution is 2.37. The second-order valence-corrected chi connectivity index (χ2v) is 7.15. The fourth-order valence-electron chi connectivity index (χ4n) is 3.03. The minimum atomic E-state index is -0.644. The Bertz CT molecular complexity index is 1210. The van der Waals surface area contributed by atoms with Crippen LogP contribution in [-0.4, -0.2) is 16.0 Å². The molecule has 1 amide bonds. The molecule has 0 aliphatic rings. The minimum Gasteiger partial charge on any atom is -0.493 e. The van der Waals surface area contributed by atoms with E-state index in [0.717, 1.165) is 11.1 Å². The van der Waals surface area contributed by atoms with Crippen molar-refractivity contribution in [1.82, 2.24) is 4.98 Å². The van der Waals surface area contributed by atoms with Gasteiger partial charge < -0.3 is 19.2 Å². The molecule has 2 aromatic carbocycles. The van der Waals surface area contributed by atoms with Crippen LogP contribution in [0.15, 0.2) is 75.3 Å².